The summed E-state index contributed by atoms with van der Waals surface area (Å²) in [6.07, 6.45) is 4.27. The van der Waals surface area contributed by atoms with Crippen LogP contribution in [-0.2, 0) is 24.3 Å². The average molecular weight is 324 g/mol. The summed E-state index contributed by atoms with van der Waals surface area (Å²) in [5, 5.41) is 10.3. The summed E-state index contributed by atoms with van der Waals surface area (Å²) in [4.78, 5) is 24.3. The lowest BCUT2D eigenvalue weighted by Crippen LogP contribution is -2.37. The van der Waals surface area contributed by atoms with Crippen molar-refractivity contribution >= 4 is 11.8 Å². The lowest BCUT2D eigenvalue weighted by Gasteiger charge is -2.11. The van der Waals surface area contributed by atoms with Crippen molar-refractivity contribution in [2.75, 3.05) is 0 Å². The third-order valence-corrected chi connectivity index (χ3v) is 4.62. The van der Waals surface area contributed by atoms with E-state index in [1.165, 1.54) is 0 Å². The normalized spacial score (nSPS) is 18.9. The molecule has 1 saturated carbocycles. The second-order valence-corrected chi connectivity index (χ2v) is 6.54. The van der Waals surface area contributed by atoms with E-state index in [0.29, 0.717) is 25.1 Å². The molecular formula is C18H20N4O2. The van der Waals surface area contributed by atoms with Gasteiger partial charge in [0, 0.05) is 18.9 Å². The Morgan fingerprint density at radius 3 is 2.75 bits per heavy atom. The minimum Gasteiger partial charge on any atom is -0.351 e. The number of aromatic nitrogens is 2. The van der Waals surface area contributed by atoms with Crippen LogP contribution in [0.4, 0.5) is 0 Å². The number of amides is 2. The quantitative estimate of drug-likeness (QED) is 0.869. The van der Waals surface area contributed by atoms with Crippen LogP contribution in [0, 0.1) is 5.92 Å². The van der Waals surface area contributed by atoms with Crippen LogP contribution in [0.5, 0.6) is 0 Å². The van der Waals surface area contributed by atoms with Gasteiger partial charge in [-0.1, -0.05) is 30.3 Å². The molecule has 2 N–H and O–H groups in total. The molecule has 0 spiro atoms. The molecule has 2 aliphatic rings. The van der Waals surface area contributed by atoms with Gasteiger partial charge in [0.25, 0.3) is 5.91 Å². The minimum atomic E-state index is -0.116. The maximum Gasteiger partial charge on any atom is 0.255 e. The van der Waals surface area contributed by atoms with Crippen LogP contribution >= 0.6 is 0 Å². The molecule has 2 aromatic rings. The number of rotatable bonds is 5. The topological polar surface area (TPSA) is 76.0 Å². The van der Waals surface area contributed by atoms with Crippen molar-refractivity contribution in [3.8, 4) is 0 Å². The van der Waals surface area contributed by atoms with Crippen LogP contribution in [0.15, 0.2) is 36.5 Å². The molecule has 1 aromatic heterocycles. The summed E-state index contributed by atoms with van der Waals surface area (Å²) < 4.78 is 1.83. The predicted octanol–water partition coefficient (Wildman–Crippen LogP) is 1.26. The summed E-state index contributed by atoms with van der Waals surface area (Å²) in [6, 6.07) is 9.85. The number of carbonyl (C=O) groups is 2. The van der Waals surface area contributed by atoms with Crippen molar-refractivity contribution in [3.63, 3.8) is 0 Å². The summed E-state index contributed by atoms with van der Waals surface area (Å²) in [7, 11) is 0. The van der Waals surface area contributed by atoms with Crippen LogP contribution in [0.2, 0.25) is 0 Å². The van der Waals surface area contributed by atoms with E-state index in [4.69, 9.17) is 0 Å². The maximum absolute atomic E-state index is 12.4. The fourth-order valence-corrected chi connectivity index (χ4v) is 3.11. The SMILES string of the molecule is O=C(NCc1ccccc1)c1cnn2c1C[C@H](NC(=O)C1CC1)C2. The van der Waals surface area contributed by atoms with Gasteiger partial charge in [0.1, 0.15) is 0 Å². The van der Waals surface area contributed by atoms with Gasteiger partial charge in [-0.2, -0.15) is 5.10 Å². The molecule has 1 aliphatic heterocycles. The summed E-state index contributed by atoms with van der Waals surface area (Å²) >= 11 is 0. The molecule has 2 amide bonds. The van der Waals surface area contributed by atoms with Crippen LogP contribution in [0.1, 0.15) is 34.5 Å². The Bertz CT molecular complexity index is 765. The van der Waals surface area contributed by atoms with Gasteiger partial charge in [0.2, 0.25) is 5.91 Å². The molecular weight excluding hydrogens is 304 g/mol. The van der Waals surface area contributed by atoms with E-state index < -0.39 is 0 Å². The van der Waals surface area contributed by atoms with Gasteiger partial charge in [-0.3, -0.25) is 14.3 Å². The predicted molar refractivity (Wildman–Crippen MR) is 88.2 cm³/mol. The number of fused-ring (bicyclic) bond motifs is 1. The zero-order chi connectivity index (χ0) is 16.5. The second-order valence-electron chi connectivity index (χ2n) is 6.54. The Morgan fingerprint density at radius 2 is 2.00 bits per heavy atom. The number of carbonyl (C=O) groups excluding carboxylic acids is 2. The molecule has 6 heteroatoms. The molecule has 0 unspecified atom stereocenters. The van der Waals surface area contributed by atoms with Crippen molar-refractivity contribution in [3.05, 3.63) is 53.3 Å². The number of nitrogens with one attached hydrogen (secondary N) is 2. The van der Waals surface area contributed by atoms with Gasteiger partial charge in [-0.15, -0.1) is 0 Å². The Hall–Kier alpha value is -2.63. The first kappa shape index (κ1) is 14.9. The number of nitrogens with zero attached hydrogens (tertiary/aromatic N) is 2. The van der Waals surface area contributed by atoms with Gasteiger partial charge in [-0.25, -0.2) is 0 Å². The highest BCUT2D eigenvalue weighted by Crippen LogP contribution is 2.29. The third-order valence-electron chi connectivity index (χ3n) is 4.62. The van der Waals surface area contributed by atoms with Gasteiger partial charge < -0.3 is 10.6 Å². The fourth-order valence-electron chi connectivity index (χ4n) is 3.11. The van der Waals surface area contributed by atoms with Crippen LogP contribution in [0.3, 0.4) is 0 Å². The second kappa shape index (κ2) is 6.11. The zero-order valence-corrected chi connectivity index (χ0v) is 13.4. The lowest BCUT2D eigenvalue weighted by molar-refractivity contribution is -0.123. The van der Waals surface area contributed by atoms with E-state index in [0.717, 1.165) is 24.1 Å². The molecule has 0 saturated heterocycles. The molecule has 0 radical (unpaired) electrons. The first-order chi connectivity index (χ1) is 11.7. The highest BCUT2D eigenvalue weighted by atomic mass is 16.2. The van der Waals surface area contributed by atoms with E-state index >= 15 is 0 Å². The Balaban J connectivity index is 1.38. The molecule has 1 aliphatic carbocycles. The van der Waals surface area contributed by atoms with Gasteiger partial charge >= 0.3 is 0 Å². The van der Waals surface area contributed by atoms with Crippen LogP contribution in [-0.4, -0.2) is 27.6 Å². The average Bonchev–Trinajstić information content (AvgIpc) is 3.27. The number of hydrogen-bond acceptors (Lipinski definition) is 3. The summed E-state index contributed by atoms with van der Waals surface area (Å²) in [5.41, 5.74) is 2.57. The van der Waals surface area contributed by atoms with E-state index in [1.807, 2.05) is 35.0 Å². The monoisotopic (exact) mass is 324 g/mol. The van der Waals surface area contributed by atoms with Crippen molar-refractivity contribution in [1.82, 2.24) is 20.4 Å². The maximum atomic E-state index is 12.4. The molecule has 2 heterocycles. The highest BCUT2D eigenvalue weighted by Gasteiger charge is 2.34. The van der Waals surface area contributed by atoms with E-state index in [2.05, 4.69) is 15.7 Å². The standard InChI is InChI=1S/C18H20N4O2/c23-17(13-6-7-13)21-14-8-16-15(10-20-22(16)11-14)18(24)19-9-12-4-2-1-3-5-12/h1-5,10,13-14H,6-9,11H2,(H,19,24)(H,21,23)/t14-/m0/s1. The first-order valence-electron chi connectivity index (χ1n) is 8.38. The zero-order valence-electron chi connectivity index (χ0n) is 13.4. The Labute approximate surface area is 140 Å². The molecule has 6 nitrogen and oxygen atoms in total. The Kier molecular flexibility index (Phi) is 3.80. The number of benzene rings is 1. The van der Waals surface area contributed by atoms with Gasteiger partial charge in [0.05, 0.1) is 30.0 Å². The van der Waals surface area contributed by atoms with E-state index in [1.54, 1.807) is 6.20 Å². The van der Waals surface area contributed by atoms with Gasteiger partial charge in [-0.05, 0) is 18.4 Å². The molecule has 1 fully saturated rings. The van der Waals surface area contributed by atoms with Crippen molar-refractivity contribution < 1.29 is 9.59 Å². The van der Waals surface area contributed by atoms with Crippen LogP contribution in [0.25, 0.3) is 0 Å². The fraction of sp³-hybridized carbons (Fsp3) is 0.389. The third kappa shape index (κ3) is 3.04. The molecule has 1 aromatic carbocycles. The minimum absolute atomic E-state index is 0.0440. The molecule has 124 valence electrons. The summed E-state index contributed by atoms with van der Waals surface area (Å²) in [5.74, 6) is 0.224. The van der Waals surface area contributed by atoms with Crippen molar-refractivity contribution in [2.24, 2.45) is 5.92 Å². The largest absolute Gasteiger partial charge is 0.351 e. The molecule has 24 heavy (non-hydrogen) atoms. The lowest BCUT2D eigenvalue weighted by atomic mass is 10.1. The number of hydrogen-bond donors (Lipinski definition) is 2. The Morgan fingerprint density at radius 1 is 1.21 bits per heavy atom. The van der Waals surface area contributed by atoms with Gasteiger partial charge in [0.15, 0.2) is 0 Å². The van der Waals surface area contributed by atoms with Crippen molar-refractivity contribution in [1.29, 1.82) is 0 Å². The first-order valence-corrected chi connectivity index (χ1v) is 8.38. The summed E-state index contributed by atoms with van der Waals surface area (Å²) in [6.45, 7) is 1.13. The molecule has 4 rings (SSSR count). The molecule has 1 atom stereocenters. The van der Waals surface area contributed by atoms with Crippen LogP contribution < -0.4 is 10.6 Å². The molecule has 0 bridgehead atoms. The van der Waals surface area contributed by atoms with E-state index in [-0.39, 0.29) is 23.8 Å². The highest BCUT2D eigenvalue weighted by molar-refractivity contribution is 5.95. The smallest absolute Gasteiger partial charge is 0.255 e. The van der Waals surface area contributed by atoms with E-state index in [9.17, 15) is 9.59 Å². The van der Waals surface area contributed by atoms with Crippen molar-refractivity contribution in [2.45, 2.75) is 38.4 Å².